The lowest BCUT2D eigenvalue weighted by Crippen LogP contribution is -2.23. The van der Waals surface area contributed by atoms with E-state index in [9.17, 15) is 9.90 Å². The monoisotopic (exact) mass is 277 g/mol. The topological polar surface area (TPSA) is 40.5 Å². The number of benzene rings is 3. The van der Waals surface area contributed by atoms with Crippen LogP contribution in [0.15, 0.2) is 66.7 Å². The van der Waals surface area contributed by atoms with Gasteiger partial charge in [0.05, 0.1) is 5.69 Å². The molecule has 0 saturated heterocycles. The van der Waals surface area contributed by atoms with Crippen LogP contribution in [0, 0.1) is 0 Å². The molecular formula is C18H15NO2. The van der Waals surface area contributed by atoms with E-state index in [1.165, 1.54) is 11.8 Å². The molecule has 0 radical (unpaired) electrons. The highest BCUT2D eigenvalue weighted by atomic mass is 16.3. The molecule has 3 rings (SSSR count). The molecule has 0 heterocycles. The van der Waals surface area contributed by atoms with Gasteiger partial charge < -0.3 is 5.11 Å². The number of phenolic OH excluding ortho intramolecular Hbond substituents is 1. The number of hydrogen-bond donors (Lipinski definition) is 1. The van der Waals surface area contributed by atoms with Crippen LogP contribution in [0.2, 0.25) is 0 Å². The maximum Gasteiger partial charge on any atom is 0.228 e. The first-order valence-electron chi connectivity index (χ1n) is 6.75. The number of anilines is 2. The molecule has 0 saturated carbocycles. The van der Waals surface area contributed by atoms with Crippen molar-refractivity contribution in [2.75, 3.05) is 4.90 Å². The van der Waals surface area contributed by atoms with Crippen molar-refractivity contribution in [3.63, 3.8) is 0 Å². The molecule has 3 nitrogen and oxygen atoms in total. The Bertz CT molecular complexity index is 797. The van der Waals surface area contributed by atoms with Crippen LogP contribution < -0.4 is 4.90 Å². The van der Waals surface area contributed by atoms with E-state index < -0.39 is 0 Å². The second kappa shape index (κ2) is 5.29. The van der Waals surface area contributed by atoms with E-state index in [0.717, 1.165) is 16.5 Å². The number of amides is 1. The molecule has 1 amide bonds. The maximum atomic E-state index is 12.2. The molecule has 0 aromatic heterocycles. The number of nitrogens with zero attached hydrogens (tertiary/aromatic N) is 1. The molecule has 0 aliphatic rings. The lowest BCUT2D eigenvalue weighted by Gasteiger charge is -2.24. The zero-order chi connectivity index (χ0) is 14.8. The molecule has 0 fully saturated rings. The van der Waals surface area contributed by atoms with Gasteiger partial charge in [-0.25, -0.2) is 0 Å². The van der Waals surface area contributed by atoms with Gasteiger partial charge in [0.15, 0.2) is 0 Å². The molecule has 1 N–H and O–H groups in total. The number of para-hydroxylation sites is 1. The number of aromatic hydroxyl groups is 1. The van der Waals surface area contributed by atoms with Crippen LogP contribution in [0.1, 0.15) is 6.92 Å². The largest absolute Gasteiger partial charge is 0.506 e. The third kappa shape index (κ3) is 2.34. The molecule has 0 spiro atoms. The number of carbonyl (C=O) groups is 1. The molecule has 0 aliphatic carbocycles. The van der Waals surface area contributed by atoms with Gasteiger partial charge in [-0.05, 0) is 23.6 Å². The van der Waals surface area contributed by atoms with E-state index in [1.807, 2.05) is 60.7 Å². The van der Waals surface area contributed by atoms with Crippen molar-refractivity contribution < 1.29 is 9.90 Å². The zero-order valence-electron chi connectivity index (χ0n) is 11.7. The molecule has 21 heavy (non-hydrogen) atoms. The Morgan fingerprint density at radius 3 is 2.29 bits per heavy atom. The normalized spacial score (nSPS) is 10.5. The van der Waals surface area contributed by atoms with Crippen LogP contribution in [0.25, 0.3) is 10.8 Å². The average Bonchev–Trinajstić information content (AvgIpc) is 2.51. The zero-order valence-corrected chi connectivity index (χ0v) is 11.7. The molecule has 3 aromatic rings. The second-order valence-corrected chi connectivity index (χ2v) is 4.84. The summed E-state index contributed by atoms with van der Waals surface area (Å²) >= 11 is 0. The fourth-order valence-corrected chi connectivity index (χ4v) is 2.52. The molecule has 3 heteroatoms. The number of fused-ring (bicyclic) bond motifs is 1. The Morgan fingerprint density at radius 2 is 1.57 bits per heavy atom. The first-order chi connectivity index (χ1) is 10.2. The van der Waals surface area contributed by atoms with Crippen LogP contribution in [0.4, 0.5) is 11.4 Å². The van der Waals surface area contributed by atoms with Crippen LogP contribution in [-0.2, 0) is 4.79 Å². The van der Waals surface area contributed by atoms with Gasteiger partial charge in [0.25, 0.3) is 0 Å². The van der Waals surface area contributed by atoms with Crippen molar-refractivity contribution in [3.8, 4) is 5.75 Å². The summed E-state index contributed by atoms with van der Waals surface area (Å²) < 4.78 is 0. The number of rotatable bonds is 2. The van der Waals surface area contributed by atoms with Gasteiger partial charge in [-0.1, -0.05) is 48.5 Å². The van der Waals surface area contributed by atoms with Crippen LogP contribution >= 0.6 is 0 Å². The SMILES string of the molecule is CC(=O)N(c1ccccc1)c1c(O)ccc2ccccc12. The molecule has 104 valence electrons. The minimum atomic E-state index is -0.146. The van der Waals surface area contributed by atoms with Gasteiger partial charge in [-0.15, -0.1) is 0 Å². The van der Waals surface area contributed by atoms with E-state index in [4.69, 9.17) is 0 Å². The summed E-state index contributed by atoms with van der Waals surface area (Å²) in [6.45, 7) is 1.49. The summed E-state index contributed by atoms with van der Waals surface area (Å²) in [4.78, 5) is 13.7. The van der Waals surface area contributed by atoms with Crippen molar-refractivity contribution in [2.24, 2.45) is 0 Å². The molecule has 0 atom stereocenters. The van der Waals surface area contributed by atoms with Crippen molar-refractivity contribution in [1.29, 1.82) is 0 Å². The minimum absolute atomic E-state index is 0.0905. The lowest BCUT2D eigenvalue weighted by atomic mass is 10.1. The predicted octanol–water partition coefficient (Wildman–Crippen LogP) is 4.23. The predicted molar refractivity (Wildman–Crippen MR) is 84.9 cm³/mol. The van der Waals surface area contributed by atoms with Gasteiger partial charge in [0, 0.05) is 18.0 Å². The summed E-state index contributed by atoms with van der Waals surface area (Å²) in [7, 11) is 0. The molecule has 0 aliphatic heterocycles. The van der Waals surface area contributed by atoms with Crippen molar-refractivity contribution in [2.45, 2.75) is 6.92 Å². The van der Waals surface area contributed by atoms with Crippen LogP contribution in [0.3, 0.4) is 0 Å². The van der Waals surface area contributed by atoms with Crippen molar-refractivity contribution in [1.82, 2.24) is 0 Å². The lowest BCUT2D eigenvalue weighted by molar-refractivity contribution is -0.115. The molecule has 3 aromatic carbocycles. The quantitative estimate of drug-likeness (QED) is 0.761. The van der Waals surface area contributed by atoms with Gasteiger partial charge in [-0.3, -0.25) is 9.69 Å². The van der Waals surface area contributed by atoms with E-state index in [2.05, 4.69) is 0 Å². The summed E-state index contributed by atoms with van der Waals surface area (Å²) in [5, 5.41) is 12.1. The highest BCUT2D eigenvalue weighted by Crippen LogP contribution is 2.39. The van der Waals surface area contributed by atoms with Gasteiger partial charge >= 0.3 is 0 Å². The third-order valence-corrected chi connectivity index (χ3v) is 3.43. The minimum Gasteiger partial charge on any atom is -0.506 e. The molecule has 0 unspecified atom stereocenters. The van der Waals surface area contributed by atoms with E-state index in [0.29, 0.717) is 5.69 Å². The Balaban J connectivity index is 2.30. The summed E-state index contributed by atoms with van der Waals surface area (Å²) in [5.41, 5.74) is 1.25. The summed E-state index contributed by atoms with van der Waals surface area (Å²) in [5.74, 6) is -0.0550. The second-order valence-electron chi connectivity index (χ2n) is 4.84. The van der Waals surface area contributed by atoms with Crippen LogP contribution in [0.5, 0.6) is 5.75 Å². The van der Waals surface area contributed by atoms with E-state index >= 15 is 0 Å². The van der Waals surface area contributed by atoms with Gasteiger partial charge in [-0.2, -0.15) is 0 Å². The van der Waals surface area contributed by atoms with E-state index in [1.54, 1.807) is 6.07 Å². The summed E-state index contributed by atoms with van der Waals surface area (Å²) in [6, 6.07) is 20.5. The van der Waals surface area contributed by atoms with Crippen molar-refractivity contribution in [3.05, 3.63) is 66.7 Å². The smallest absolute Gasteiger partial charge is 0.228 e. The Kier molecular flexibility index (Phi) is 3.32. The van der Waals surface area contributed by atoms with Crippen molar-refractivity contribution >= 4 is 28.1 Å². The first-order valence-corrected chi connectivity index (χ1v) is 6.75. The highest BCUT2D eigenvalue weighted by Gasteiger charge is 2.20. The fraction of sp³-hybridized carbons (Fsp3) is 0.0556. The van der Waals surface area contributed by atoms with Crippen LogP contribution in [-0.4, -0.2) is 11.0 Å². The maximum absolute atomic E-state index is 12.2. The number of carbonyl (C=O) groups excluding carboxylic acids is 1. The third-order valence-electron chi connectivity index (χ3n) is 3.43. The van der Waals surface area contributed by atoms with E-state index in [-0.39, 0.29) is 11.7 Å². The number of phenols is 1. The Hall–Kier alpha value is -2.81. The molecule has 0 bridgehead atoms. The standard InChI is InChI=1S/C18H15NO2/c1-13(20)19(15-8-3-2-4-9-15)18-16-10-6-5-7-14(16)11-12-17(18)21/h2-12,21H,1H3. The highest BCUT2D eigenvalue weighted by molar-refractivity contribution is 6.09. The Labute approximate surface area is 123 Å². The fourth-order valence-electron chi connectivity index (χ4n) is 2.52. The molecular weight excluding hydrogens is 262 g/mol. The van der Waals surface area contributed by atoms with Gasteiger partial charge in [0.2, 0.25) is 5.91 Å². The number of hydrogen-bond acceptors (Lipinski definition) is 2. The average molecular weight is 277 g/mol. The van der Waals surface area contributed by atoms with Gasteiger partial charge in [0.1, 0.15) is 5.75 Å². The first kappa shape index (κ1) is 13.2. The summed E-state index contributed by atoms with van der Waals surface area (Å²) in [6.07, 6.45) is 0. The Morgan fingerprint density at radius 1 is 0.905 bits per heavy atom.